The number of para-hydroxylation sites is 2. The monoisotopic (exact) mass is 338 g/mol. The second kappa shape index (κ2) is 8.39. The summed E-state index contributed by atoms with van der Waals surface area (Å²) in [5, 5.41) is 3.94. The fourth-order valence-electron chi connectivity index (χ4n) is 3.88. The van der Waals surface area contributed by atoms with Crippen molar-refractivity contribution in [2.45, 2.75) is 50.7 Å². The maximum atomic E-state index is 5.57. The van der Waals surface area contributed by atoms with E-state index in [0.29, 0.717) is 18.1 Å². The maximum Gasteiger partial charge on any atom is 0.142 e. The van der Waals surface area contributed by atoms with Crippen LogP contribution < -0.4 is 15.0 Å². The number of methoxy groups -OCH3 is 1. The van der Waals surface area contributed by atoms with Crippen molar-refractivity contribution in [3.63, 3.8) is 0 Å². The highest BCUT2D eigenvalue weighted by Gasteiger charge is 2.27. The van der Waals surface area contributed by atoms with Crippen LogP contribution in [0.5, 0.6) is 5.75 Å². The van der Waals surface area contributed by atoms with E-state index in [1.165, 1.54) is 31.2 Å². The molecule has 1 aliphatic carbocycles. The zero-order chi connectivity index (χ0) is 17.6. The molecule has 0 aromatic heterocycles. The molecule has 2 aromatic rings. The Hall–Kier alpha value is -2.00. The lowest BCUT2D eigenvalue weighted by Gasteiger charge is -2.36. The molecular weight excluding hydrogens is 308 g/mol. The van der Waals surface area contributed by atoms with E-state index in [4.69, 9.17) is 4.74 Å². The summed E-state index contributed by atoms with van der Waals surface area (Å²) in [4.78, 5) is 2.33. The Labute approximate surface area is 152 Å². The Morgan fingerprint density at radius 2 is 1.64 bits per heavy atom. The topological polar surface area (TPSA) is 24.5 Å². The van der Waals surface area contributed by atoms with Gasteiger partial charge in [-0.05, 0) is 37.5 Å². The van der Waals surface area contributed by atoms with Gasteiger partial charge in [-0.15, -0.1) is 0 Å². The van der Waals surface area contributed by atoms with Crippen LogP contribution in [0.2, 0.25) is 0 Å². The first-order chi connectivity index (χ1) is 12.2. The Balaban J connectivity index is 1.86. The van der Waals surface area contributed by atoms with Crippen molar-refractivity contribution in [1.82, 2.24) is 5.32 Å². The molecule has 1 saturated carbocycles. The normalized spacial score (nSPS) is 17.2. The third-order valence-corrected chi connectivity index (χ3v) is 5.49. The quantitative estimate of drug-likeness (QED) is 0.785. The first kappa shape index (κ1) is 17.8. The van der Waals surface area contributed by atoms with Crippen molar-refractivity contribution in [1.29, 1.82) is 0 Å². The van der Waals surface area contributed by atoms with Gasteiger partial charge in [0.25, 0.3) is 0 Å². The van der Waals surface area contributed by atoms with Crippen molar-refractivity contribution in [2.24, 2.45) is 0 Å². The molecule has 2 atom stereocenters. The summed E-state index contributed by atoms with van der Waals surface area (Å²) in [6, 6.07) is 20.3. The van der Waals surface area contributed by atoms with Gasteiger partial charge in [-0.25, -0.2) is 0 Å². The minimum atomic E-state index is 0.291. The molecular formula is C22H30N2O. The molecule has 25 heavy (non-hydrogen) atoms. The second-order valence-corrected chi connectivity index (χ2v) is 7.06. The number of benzene rings is 2. The Bertz CT molecular complexity index is 652. The lowest BCUT2D eigenvalue weighted by molar-refractivity contribution is 0.383. The number of ether oxygens (including phenoxy) is 1. The fraction of sp³-hybridized carbons (Fsp3) is 0.455. The van der Waals surface area contributed by atoms with E-state index >= 15 is 0 Å². The number of hydrogen-bond donors (Lipinski definition) is 1. The SMILES string of the molecule is COc1ccccc1N(C)[C@@H](C)[C@H](NC1CCCC1)c1ccccc1. The van der Waals surface area contributed by atoms with Crippen LogP contribution in [-0.2, 0) is 0 Å². The van der Waals surface area contributed by atoms with Gasteiger partial charge in [-0.1, -0.05) is 55.3 Å². The molecule has 3 rings (SSSR count). The van der Waals surface area contributed by atoms with Gasteiger partial charge in [-0.2, -0.15) is 0 Å². The predicted octanol–water partition coefficient (Wildman–Crippen LogP) is 4.79. The van der Waals surface area contributed by atoms with E-state index < -0.39 is 0 Å². The smallest absolute Gasteiger partial charge is 0.142 e. The van der Waals surface area contributed by atoms with Gasteiger partial charge in [-0.3, -0.25) is 0 Å². The minimum absolute atomic E-state index is 0.291. The summed E-state index contributed by atoms with van der Waals surface area (Å²) in [5.41, 5.74) is 2.48. The van der Waals surface area contributed by atoms with Crippen LogP contribution >= 0.6 is 0 Å². The fourth-order valence-corrected chi connectivity index (χ4v) is 3.88. The predicted molar refractivity (Wildman–Crippen MR) is 105 cm³/mol. The van der Waals surface area contributed by atoms with Crippen LogP contribution in [0.4, 0.5) is 5.69 Å². The average molecular weight is 338 g/mol. The summed E-state index contributed by atoms with van der Waals surface area (Å²) in [5.74, 6) is 0.921. The van der Waals surface area contributed by atoms with Crippen LogP contribution in [0, 0.1) is 0 Å². The molecule has 3 heteroatoms. The molecule has 0 spiro atoms. The summed E-state index contributed by atoms with van der Waals surface area (Å²) < 4.78 is 5.57. The third kappa shape index (κ3) is 4.16. The van der Waals surface area contributed by atoms with E-state index in [1.54, 1.807) is 7.11 Å². The first-order valence-corrected chi connectivity index (χ1v) is 9.37. The largest absolute Gasteiger partial charge is 0.495 e. The van der Waals surface area contributed by atoms with Crippen molar-refractivity contribution < 1.29 is 4.74 Å². The third-order valence-electron chi connectivity index (χ3n) is 5.49. The summed E-state index contributed by atoms with van der Waals surface area (Å²) in [6.45, 7) is 2.30. The van der Waals surface area contributed by atoms with Crippen molar-refractivity contribution >= 4 is 5.69 Å². The molecule has 134 valence electrons. The number of nitrogens with one attached hydrogen (secondary N) is 1. The zero-order valence-electron chi connectivity index (χ0n) is 15.6. The van der Waals surface area contributed by atoms with E-state index in [-0.39, 0.29) is 0 Å². The second-order valence-electron chi connectivity index (χ2n) is 7.06. The molecule has 0 radical (unpaired) electrons. The minimum Gasteiger partial charge on any atom is -0.495 e. The van der Waals surface area contributed by atoms with Crippen LogP contribution in [0.3, 0.4) is 0 Å². The van der Waals surface area contributed by atoms with Crippen LogP contribution in [0.1, 0.15) is 44.2 Å². The zero-order valence-corrected chi connectivity index (χ0v) is 15.6. The average Bonchev–Trinajstić information content (AvgIpc) is 3.19. The van der Waals surface area contributed by atoms with Gasteiger partial charge >= 0.3 is 0 Å². The number of hydrogen-bond acceptors (Lipinski definition) is 3. The Morgan fingerprint density at radius 1 is 1.00 bits per heavy atom. The summed E-state index contributed by atoms with van der Waals surface area (Å²) in [7, 11) is 3.90. The van der Waals surface area contributed by atoms with Crippen LogP contribution in [0.25, 0.3) is 0 Å². The number of likely N-dealkylation sites (N-methyl/N-ethyl adjacent to an activating group) is 1. The van der Waals surface area contributed by atoms with Gasteiger partial charge < -0.3 is 15.0 Å². The first-order valence-electron chi connectivity index (χ1n) is 9.37. The molecule has 1 N–H and O–H groups in total. The van der Waals surface area contributed by atoms with Gasteiger partial charge in [0, 0.05) is 19.1 Å². The summed E-state index contributed by atoms with van der Waals surface area (Å²) in [6.07, 6.45) is 5.26. The highest BCUT2D eigenvalue weighted by molar-refractivity contribution is 5.58. The van der Waals surface area contributed by atoms with Crippen molar-refractivity contribution in [3.8, 4) is 5.75 Å². The van der Waals surface area contributed by atoms with Crippen molar-refractivity contribution in [3.05, 3.63) is 60.2 Å². The molecule has 1 aliphatic rings. The number of nitrogens with zero attached hydrogens (tertiary/aromatic N) is 1. The Morgan fingerprint density at radius 3 is 2.32 bits per heavy atom. The molecule has 0 amide bonds. The van der Waals surface area contributed by atoms with Gasteiger partial charge in [0.05, 0.1) is 18.8 Å². The van der Waals surface area contributed by atoms with Crippen molar-refractivity contribution in [2.75, 3.05) is 19.1 Å². The molecule has 0 unspecified atom stereocenters. The molecule has 2 aromatic carbocycles. The van der Waals surface area contributed by atoms with E-state index in [1.807, 2.05) is 12.1 Å². The molecule has 3 nitrogen and oxygen atoms in total. The van der Waals surface area contributed by atoms with E-state index in [2.05, 4.69) is 66.7 Å². The lowest BCUT2D eigenvalue weighted by atomic mass is 9.97. The van der Waals surface area contributed by atoms with Crippen LogP contribution in [0.15, 0.2) is 54.6 Å². The molecule has 0 bridgehead atoms. The van der Waals surface area contributed by atoms with Gasteiger partial charge in [0.2, 0.25) is 0 Å². The molecule has 0 saturated heterocycles. The Kier molecular flexibility index (Phi) is 5.98. The highest BCUT2D eigenvalue weighted by atomic mass is 16.5. The van der Waals surface area contributed by atoms with Crippen LogP contribution in [-0.4, -0.2) is 26.2 Å². The van der Waals surface area contributed by atoms with Gasteiger partial charge in [0.15, 0.2) is 0 Å². The molecule has 0 heterocycles. The van der Waals surface area contributed by atoms with E-state index in [0.717, 1.165) is 11.4 Å². The standard InChI is InChI=1S/C22H30N2O/c1-17(24(2)20-15-9-10-16-21(20)25-3)22(18-11-5-4-6-12-18)23-19-13-7-8-14-19/h4-6,9-12,15-17,19,22-23H,7-8,13-14H2,1-3H3/t17-,22-/m0/s1. The summed E-state index contributed by atoms with van der Waals surface area (Å²) >= 11 is 0. The van der Waals surface area contributed by atoms with E-state index in [9.17, 15) is 0 Å². The van der Waals surface area contributed by atoms with Gasteiger partial charge in [0.1, 0.15) is 5.75 Å². The lowest BCUT2D eigenvalue weighted by Crippen LogP contribution is -2.44. The number of anilines is 1. The molecule has 0 aliphatic heterocycles. The maximum absolute atomic E-state index is 5.57. The number of rotatable bonds is 7. The molecule has 1 fully saturated rings. The highest BCUT2D eigenvalue weighted by Crippen LogP contribution is 2.32.